The molecule has 1 aliphatic rings. The SMILES string of the molecule is COc1ccc(CC(=O)Nc2ccc(N3CCN(C(N)=Nc4c(C)cccc4Cl)CC3)cc2)cc1. The van der Waals surface area contributed by atoms with Gasteiger partial charge in [0.2, 0.25) is 5.91 Å². The van der Waals surface area contributed by atoms with E-state index < -0.39 is 0 Å². The Morgan fingerprint density at radius 1 is 1.03 bits per heavy atom. The van der Waals surface area contributed by atoms with Crippen LogP contribution in [-0.4, -0.2) is 50.1 Å². The number of rotatable bonds is 6. The Balaban J connectivity index is 1.30. The minimum absolute atomic E-state index is 0.0555. The number of halogens is 1. The van der Waals surface area contributed by atoms with E-state index in [1.165, 1.54) is 0 Å². The fraction of sp³-hybridized carbons (Fsp3) is 0.259. The van der Waals surface area contributed by atoms with E-state index >= 15 is 0 Å². The zero-order valence-electron chi connectivity index (χ0n) is 20.0. The van der Waals surface area contributed by atoms with Gasteiger partial charge in [0.25, 0.3) is 0 Å². The lowest BCUT2D eigenvalue weighted by molar-refractivity contribution is -0.115. The van der Waals surface area contributed by atoms with Crippen molar-refractivity contribution in [2.24, 2.45) is 10.7 Å². The molecular weight excluding hydrogens is 462 g/mol. The van der Waals surface area contributed by atoms with E-state index in [4.69, 9.17) is 22.1 Å². The first kappa shape index (κ1) is 24.4. The van der Waals surface area contributed by atoms with Gasteiger partial charge in [-0.15, -0.1) is 0 Å². The number of amides is 1. The van der Waals surface area contributed by atoms with Crippen LogP contribution in [0.15, 0.2) is 71.7 Å². The molecule has 182 valence electrons. The number of hydrogen-bond acceptors (Lipinski definition) is 4. The van der Waals surface area contributed by atoms with Gasteiger partial charge in [0, 0.05) is 37.6 Å². The Morgan fingerprint density at radius 2 is 1.71 bits per heavy atom. The molecule has 3 aromatic carbocycles. The smallest absolute Gasteiger partial charge is 0.228 e. The second-order valence-electron chi connectivity index (χ2n) is 8.47. The molecule has 7 nitrogen and oxygen atoms in total. The topological polar surface area (TPSA) is 83.2 Å². The van der Waals surface area contributed by atoms with E-state index in [9.17, 15) is 4.79 Å². The Labute approximate surface area is 211 Å². The lowest BCUT2D eigenvalue weighted by Gasteiger charge is -2.36. The summed E-state index contributed by atoms with van der Waals surface area (Å²) in [5.74, 6) is 1.20. The van der Waals surface area contributed by atoms with Crippen LogP contribution in [0.25, 0.3) is 0 Å². The molecule has 1 saturated heterocycles. The molecule has 0 bridgehead atoms. The molecule has 3 N–H and O–H groups in total. The number of nitrogens with two attached hydrogens (primary N) is 1. The molecule has 0 spiro atoms. The number of aliphatic imine (C=N–C) groups is 1. The van der Waals surface area contributed by atoms with E-state index in [1.54, 1.807) is 7.11 Å². The van der Waals surface area contributed by atoms with E-state index in [0.29, 0.717) is 17.4 Å². The van der Waals surface area contributed by atoms with Gasteiger partial charge in [-0.2, -0.15) is 0 Å². The van der Waals surface area contributed by atoms with Gasteiger partial charge in [-0.3, -0.25) is 4.79 Å². The normalized spacial score (nSPS) is 14.1. The van der Waals surface area contributed by atoms with Crippen molar-refractivity contribution in [3.05, 3.63) is 82.9 Å². The summed E-state index contributed by atoms with van der Waals surface area (Å²) >= 11 is 6.29. The van der Waals surface area contributed by atoms with E-state index in [-0.39, 0.29) is 5.91 Å². The largest absolute Gasteiger partial charge is 0.497 e. The zero-order chi connectivity index (χ0) is 24.8. The van der Waals surface area contributed by atoms with Crippen molar-refractivity contribution in [3.63, 3.8) is 0 Å². The molecule has 0 unspecified atom stereocenters. The number of nitrogens with one attached hydrogen (secondary N) is 1. The first-order valence-corrected chi connectivity index (χ1v) is 11.9. The molecule has 0 radical (unpaired) electrons. The summed E-state index contributed by atoms with van der Waals surface area (Å²) in [6.07, 6.45) is 0.310. The van der Waals surface area contributed by atoms with Gasteiger partial charge in [0.15, 0.2) is 5.96 Å². The molecule has 1 aliphatic heterocycles. The number of nitrogens with zero attached hydrogens (tertiary/aromatic N) is 3. The van der Waals surface area contributed by atoms with E-state index in [2.05, 4.69) is 20.1 Å². The number of anilines is 2. The average molecular weight is 492 g/mol. The van der Waals surface area contributed by atoms with Gasteiger partial charge in [-0.1, -0.05) is 35.9 Å². The van der Waals surface area contributed by atoms with Crippen LogP contribution < -0.4 is 20.7 Å². The second kappa shape index (κ2) is 11.1. The minimum atomic E-state index is -0.0555. The third-order valence-electron chi connectivity index (χ3n) is 6.06. The van der Waals surface area contributed by atoms with Crippen molar-refractivity contribution in [2.75, 3.05) is 43.5 Å². The van der Waals surface area contributed by atoms with Crippen molar-refractivity contribution >= 4 is 40.5 Å². The summed E-state index contributed by atoms with van der Waals surface area (Å²) in [5, 5.41) is 3.56. The molecule has 0 aromatic heterocycles. The molecule has 4 rings (SSSR count). The molecule has 35 heavy (non-hydrogen) atoms. The number of para-hydroxylation sites is 1. The standard InChI is InChI=1S/C27H30ClN5O2/c1-19-4-3-5-24(28)26(19)31-27(29)33-16-14-32(15-17-33)22-10-8-21(9-11-22)30-25(34)18-20-6-12-23(35-2)13-7-20/h3-13H,14-18H2,1-2H3,(H2,29,31)(H,30,34). The van der Waals surface area contributed by atoms with Crippen molar-refractivity contribution in [2.45, 2.75) is 13.3 Å². The molecule has 1 amide bonds. The second-order valence-corrected chi connectivity index (χ2v) is 8.88. The van der Waals surface area contributed by atoms with Crippen LogP contribution in [0.2, 0.25) is 5.02 Å². The predicted molar refractivity (Wildman–Crippen MR) is 143 cm³/mol. The number of methoxy groups -OCH3 is 1. The molecule has 1 fully saturated rings. The highest BCUT2D eigenvalue weighted by atomic mass is 35.5. The minimum Gasteiger partial charge on any atom is -0.497 e. The van der Waals surface area contributed by atoms with Crippen LogP contribution in [0.1, 0.15) is 11.1 Å². The third-order valence-corrected chi connectivity index (χ3v) is 6.36. The first-order valence-electron chi connectivity index (χ1n) is 11.5. The summed E-state index contributed by atoms with van der Waals surface area (Å²) in [6.45, 7) is 5.14. The van der Waals surface area contributed by atoms with Crippen molar-refractivity contribution in [3.8, 4) is 5.75 Å². The maximum absolute atomic E-state index is 12.4. The summed E-state index contributed by atoms with van der Waals surface area (Å²) in [6, 6.07) is 21.1. The highest BCUT2D eigenvalue weighted by molar-refractivity contribution is 6.33. The van der Waals surface area contributed by atoms with Gasteiger partial charge in [-0.25, -0.2) is 4.99 Å². The Bertz CT molecular complexity index is 1170. The highest BCUT2D eigenvalue weighted by Gasteiger charge is 2.19. The number of guanidine groups is 1. The van der Waals surface area contributed by atoms with Crippen LogP contribution in [0.3, 0.4) is 0 Å². The van der Waals surface area contributed by atoms with E-state index in [1.807, 2.05) is 73.7 Å². The lowest BCUT2D eigenvalue weighted by Crippen LogP contribution is -2.51. The van der Waals surface area contributed by atoms with Crippen molar-refractivity contribution in [1.29, 1.82) is 0 Å². The third kappa shape index (κ3) is 6.25. The van der Waals surface area contributed by atoms with Crippen molar-refractivity contribution < 1.29 is 9.53 Å². The predicted octanol–water partition coefficient (Wildman–Crippen LogP) is 4.61. The molecule has 8 heteroatoms. The van der Waals surface area contributed by atoms with Crippen LogP contribution in [0.5, 0.6) is 5.75 Å². The number of aryl methyl sites for hydroxylation is 1. The average Bonchev–Trinajstić information content (AvgIpc) is 2.87. The summed E-state index contributed by atoms with van der Waals surface area (Å²) < 4.78 is 5.16. The Kier molecular flexibility index (Phi) is 7.77. The highest BCUT2D eigenvalue weighted by Crippen LogP contribution is 2.28. The molecule has 0 aliphatic carbocycles. The van der Waals surface area contributed by atoms with Crippen LogP contribution in [-0.2, 0) is 11.2 Å². The van der Waals surface area contributed by atoms with Crippen molar-refractivity contribution in [1.82, 2.24) is 4.90 Å². The maximum Gasteiger partial charge on any atom is 0.228 e. The van der Waals surface area contributed by atoms with Gasteiger partial charge in [-0.05, 0) is 60.5 Å². The number of ether oxygens (including phenoxy) is 1. The summed E-state index contributed by atoms with van der Waals surface area (Å²) in [4.78, 5) is 21.4. The summed E-state index contributed by atoms with van der Waals surface area (Å²) in [7, 11) is 1.62. The summed E-state index contributed by atoms with van der Waals surface area (Å²) in [5.41, 5.74) is 10.8. The van der Waals surface area contributed by atoms with Crippen LogP contribution in [0.4, 0.5) is 17.1 Å². The van der Waals surface area contributed by atoms with E-state index in [0.717, 1.165) is 60.1 Å². The maximum atomic E-state index is 12.4. The van der Waals surface area contributed by atoms with Gasteiger partial charge in [0.05, 0.1) is 24.2 Å². The Hall–Kier alpha value is -3.71. The quantitative estimate of drug-likeness (QED) is 0.388. The number of carbonyl (C=O) groups excluding carboxylic acids is 1. The monoisotopic (exact) mass is 491 g/mol. The Morgan fingerprint density at radius 3 is 2.34 bits per heavy atom. The van der Waals surface area contributed by atoms with Gasteiger partial charge < -0.3 is 25.6 Å². The van der Waals surface area contributed by atoms with Crippen LogP contribution in [0, 0.1) is 6.92 Å². The van der Waals surface area contributed by atoms with Gasteiger partial charge >= 0.3 is 0 Å². The fourth-order valence-electron chi connectivity index (χ4n) is 4.03. The number of benzene rings is 3. The lowest BCUT2D eigenvalue weighted by atomic mass is 10.1. The first-order chi connectivity index (χ1) is 16.9. The molecule has 1 heterocycles. The molecule has 3 aromatic rings. The number of hydrogen-bond donors (Lipinski definition) is 2. The molecule has 0 saturated carbocycles. The molecular formula is C27H30ClN5O2. The molecule has 0 atom stereocenters. The van der Waals surface area contributed by atoms with Gasteiger partial charge in [0.1, 0.15) is 5.75 Å². The number of piperazine rings is 1. The van der Waals surface area contributed by atoms with Crippen LogP contribution >= 0.6 is 11.6 Å². The number of carbonyl (C=O) groups is 1. The zero-order valence-corrected chi connectivity index (χ0v) is 20.8. The fourth-order valence-corrected chi connectivity index (χ4v) is 4.30.